The molecule has 1 aromatic heterocycles. The largest absolute Gasteiger partial charge is 0.306 e. The Morgan fingerprint density at radius 1 is 1.47 bits per heavy atom. The van der Waals surface area contributed by atoms with Gasteiger partial charge in [-0.25, -0.2) is 0 Å². The Balaban J connectivity index is 2.05. The van der Waals surface area contributed by atoms with Crippen LogP contribution in [-0.2, 0) is 4.79 Å². The first-order chi connectivity index (χ1) is 7.18. The van der Waals surface area contributed by atoms with E-state index in [-0.39, 0.29) is 11.9 Å². The van der Waals surface area contributed by atoms with Crippen molar-refractivity contribution in [3.63, 3.8) is 0 Å². The smallest absolute Gasteiger partial charge is 0.255 e. The van der Waals surface area contributed by atoms with E-state index in [0.29, 0.717) is 0 Å². The highest BCUT2D eigenvalue weighted by Crippen LogP contribution is 2.08. The van der Waals surface area contributed by atoms with Crippen LogP contribution in [0.3, 0.4) is 0 Å². The third-order valence-electron chi connectivity index (χ3n) is 2.87. The molecule has 0 aliphatic carbocycles. The number of aromatic nitrogens is 1. The molecule has 1 saturated heterocycles. The van der Waals surface area contributed by atoms with E-state index in [9.17, 15) is 4.79 Å². The van der Waals surface area contributed by atoms with Crippen LogP contribution >= 0.6 is 0 Å². The minimum atomic E-state index is -0.0220. The lowest BCUT2D eigenvalue weighted by molar-refractivity contribution is -0.118. The van der Waals surface area contributed by atoms with Gasteiger partial charge in [-0.2, -0.15) is 0 Å². The Bertz CT molecular complexity index is 344. The second kappa shape index (κ2) is 4.06. The summed E-state index contributed by atoms with van der Waals surface area (Å²) in [7, 11) is 0. The number of hydrogen-bond acceptors (Lipinski definition) is 2. The Morgan fingerprint density at radius 3 is 2.67 bits per heavy atom. The lowest BCUT2D eigenvalue weighted by Crippen LogP contribution is -2.39. The number of hydrogen-bond donors (Lipinski definition) is 2. The maximum Gasteiger partial charge on any atom is 0.255 e. The van der Waals surface area contributed by atoms with Crippen LogP contribution in [-0.4, -0.2) is 23.2 Å². The minimum absolute atomic E-state index is 0.0220. The van der Waals surface area contributed by atoms with Gasteiger partial charge in [0.15, 0.2) is 0 Å². The van der Waals surface area contributed by atoms with E-state index in [2.05, 4.69) is 10.7 Å². The van der Waals surface area contributed by atoms with Gasteiger partial charge in [0, 0.05) is 11.4 Å². The molecular formula is C11H17N3O. The number of amides is 1. The van der Waals surface area contributed by atoms with E-state index in [1.807, 2.05) is 30.7 Å². The number of aryl methyl sites for hydroxylation is 2. The van der Waals surface area contributed by atoms with E-state index in [4.69, 9.17) is 0 Å². The first kappa shape index (κ1) is 10.2. The molecule has 0 aromatic carbocycles. The van der Waals surface area contributed by atoms with Gasteiger partial charge in [0.1, 0.15) is 0 Å². The quantitative estimate of drug-likeness (QED) is 0.757. The fraction of sp³-hybridized carbons (Fsp3) is 0.545. The number of carbonyl (C=O) groups is 1. The maximum atomic E-state index is 11.8. The van der Waals surface area contributed by atoms with Crippen LogP contribution in [0.1, 0.15) is 24.2 Å². The summed E-state index contributed by atoms with van der Waals surface area (Å²) in [6.45, 7) is 4.91. The molecule has 0 saturated carbocycles. The number of nitrogens with one attached hydrogen (secondary N) is 2. The number of carbonyl (C=O) groups excluding carboxylic acids is 1. The van der Waals surface area contributed by atoms with Crippen LogP contribution in [0.15, 0.2) is 12.1 Å². The average molecular weight is 207 g/mol. The van der Waals surface area contributed by atoms with E-state index >= 15 is 0 Å². The van der Waals surface area contributed by atoms with Gasteiger partial charge in [-0.15, -0.1) is 0 Å². The van der Waals surface area contributed by atoms with Crippen molar-refractivity contribution in [2.24, 2.45) is 0 Å². The lowest BCUT2D eigenvalue weighted by atomic mass is 10.2. The van der Waals surface area contributed by atoms with Gasteiger partial charge >= 0.3 is 0 Å². The second-order valence-electron chi connectivity index (χ2n) is 4.08. The number of nitrogens with zero attached hydrogens (tertiary/aromatic N) is 1. The standard InChI is InChI=1S/C11H17N3O/c1-8-5-6-9(2)14(8)13-11(15)10-4-3-7-12-10/h5-6,10,12H,3-4,7H2,1-2H3,(H,13,15)/t10-/m0/s1. The summed E-state index contributed by atoms with van der Waals surface area (Å²) in [5, 5.41) is 3.18. The predicted molar refractivity (Wildman–Crippen MR) is 59.3 cm³/mol. The van der Waals surface area contributed by atoms with Crippen molar-refractivity contribution in [3.8, 4) is 0 Å². The molecule has 1 aromatic rings. The zero-order valence-corrected chi connectivity index (χ0v) is 9.21. The highest BCUT2D eigenvalue weighted by Gasteiger charge is 2.22. The van der Waals surface area contributed by atoms with Crippen molar-refractivity contribution in [1.82, 2.24) is 9.99 Å². The monoisotopic (exact) mass is 207 g/mol. The predicted octanol–water partition coefficient (Wildman–Crippen LogP) is 0.927. The van der Waals surface area contributed by atoms with Crippen molar-refractivity contribution in [2.75, 3.05) is 12.0 Å². The normalized spacial score (nSPS) is 20.5. The summed E-state index contributed by atoms with van der Waals surface area (Å²) in [5.74, 6) is 0.0647. The molecule has 1 fully saturated rings. The third kappa shape index (κ3) is 2.04. The summed E-state index contributed by atoms with van der Waals surface area (Å²) in [4.78, 5) is 11.8. The molecule has 4 nitrogen and oxygen atoms in total. The summed E-state index contributed by atoms with van der Waals surface area (Å²) in [5.41, 5.74) is 5.02. The van der Waals surface area contributed by atoms with Crippen LogP contribution in [0, 0.1) is 13.8 Å². The third-order valence-corrected chi connectivity index (χ3v) is 2.87. The Kier molecular flexibility index (Phi) is 2.77. The van der Waals surface area contributed by atoms with Gasteiger partial charge in [-0.05, 0) is 45.4 Å². The fourth-order valence-corrected chi connectivity index (χ4v) is 1.94. The maximum absolute atomic E-state index is 11.8. The molecule has 1 amide bonds. The van der Waals surface area contributed by atoms with E-state index < -0.39 is 0 Å². The van der Waals surface area contributed by atoms with Gasteiger partial charge < -0.3 is 5.32 Å². The van der Waals surface area contributed by atoms with Crippen LogP contribution in [0.4, 0.5) is 0 Å². The molecule has 1 aliphatic heterocycles. The molecule has 2 heterocycles. The molecule has 0 unspecified atom stereocenters. The molecule has 0 bridgehead atoms. The molecule has 4 heteroatoms. The summed E-state index contributed by atoms with van der Waals surface area (Å²) >= 11 is 0. The van der Waals surface area contributed by atoms with E-state index in [1.54, 1.807) is 0 Å². The molecular weight excluding hydrogens is 190 g/mol. The Morgan fingerprint density at radius 2 is 2.13 bits per heavy atom. The zero-order chi connectivity index (χ0) is 10.8. The molecule has 82 valence electrons. The first-order valence-electron chi connectivity index (χ1n) is 5.37. The SMILES string of the molecule is Cc1ccc(C)n1NC(=O)[C@@H]1CCCN1. The van der Waals surface area contributed by atoms with Crippen molar-refractivity contribution in [2.45, 2.75) is 32.7 Å². The van der Waals surface area contributed by atoms with E-state index in [1.165, 1.54) is 0 Å². The lowest BCUT2D eigenvalue weighted by Gasteiger charge is -2.14. The van der Waals surface area contributed by atoms with Crippen molar-refractivity contribution in [3.05, 3.63) is 23.5 Å². The van der Waals surface area contributed by atoms with Crippen molar-refractivity contribution in [1.29, 1.82) is 0 Å². The average Bonchev–Trinajstić information content (AvgIpc) is 2.82. The Labute approximate surface area is 89.6 Å². The molecule has 1 aliphatic rings. The molecule has 2 N–H and O–H groups in total. The fourth-order valence-electron chi connectivity index (χ4n) is 1.94. The highest BCUT2D eigenvalue weighted by molar-refractivity contribution is 5.89. The van der Waals surface area contributed by atoms with Crippen LogP contribution in [0.5, 0.6) is 0 Å². The molecule has 2 rings (SSSR count). The highest BCUT2D eigenvalue weighted by atomic mass is 16.2. The minimum Gasteiger partial charge on any atom is -0.306 e. The van der Waals surface area contributed by atoms with Gasteiger partial charge in [0.2, 0.25) is 0 Å². The summed E-state index contributed by atoms with van der Waals surface area (Å²) in [6, 6.07) is 3.97. The Hall–Kier alpha value is -1.29. The molecule has 0 spiro atoms. The summed E-state index contributed by atoms with van der Waals surface area (Å²) in [6.07, 6.45) is 2.02. The van der Waals surface area contributed by atoms with Gasteiger partial charge in [-0.3, -0.25) is 14.9 Å². The summed E-state index contributed by atoms with van der Waals surface area (Å²) < 4.78 is 1.84. The molecule has 1 atom stereocenters. The second-order valence-corrected chi connectivity index (χ2v) is 4.08. The van der Waals surface area contributed by atoms with E-state index in [0.717, 1.165) is 30.8 Å². The van der Waals surface area contributed by atoms with Crippen LogP contribution in [0.2, 0.25) is 0 Å². The van der Waals surface area contributed by atoms with Crippen molar-refractivity contribution < 1.29 is 4.79 Å². The topological polar surface area (TPSA) is 46.1 Å². The van der Waals surface area contributed by atoms with Crippen molar-refractivity contribution >= 4 is 5.91 Å². The first-order valence-corrected chi connectivity index (χ1v) is 5.37. The van der Waals surface area contributed by atoms with Gasteiger partial charge in [-0.1, -0.05) is 0 Å². The molecule has 0 radical (unpaired) electrons. The van der Waals surface area contributed by atoms with Crippen LogP contribution in [0.25, 0.3) is 0 Å². The van der Waals surface area contributed by atoms with Gasteiger partial charge in [0.05, 0.1) is 6.04 Å². The van der Waals surface area contributed by atoms with Crippen LogP contribution < -0.4 is 10.7 Å². The van der Waals surface area contributed by atoms with Gasteiger partial charge in [0.25, 0.3) is 5.91 Å². The number of rotatable bonds is 2. The zero-order valence-electron chi connectivity index (χ0n) is 9.21. The molecule has 15 heavy (non-hydrogen) atoms.